The van der Waals surface area contributed by atoms with Gasteiger partial charge in [0, 0.05) is 0 Å². The monoisotopic (exact) mass is 344 g/mol. The molecule has 1 aromatic rings. The van der Waals surface area contributed by atoms with Crippen LogP contribution in [0.25, 0.3) is 0 Å². The van der Waals surface area contributed by atoms with Crippen LogP contribution >= 0.6 is 23.2 Å². The number of hydrogen-bond donors (Lipinski definition) is 0. The zero-order valence-corrected chi connectivity index (χ0v) is 13.2. The molecule has 0 aromatic heterocycles. The van der Waals surface area contributed by atoms with Crippen molar-refractivity contribution in [2.24, 2.45) is 0 Å². The Balaban J connectivity index is 0.00000256. The second kappa shape index (κ2) is 5.89. The van der Waals surface area contributed by atoms with E-state index in [-0.39, 0.29) is 37.7 Å². The molecule has 0 unspecified atom stereocenters. The van der Waals surface area contributed by atoms with E-state index in [4.69, 9.17) is 23.2 Å². The molecule has 0 aliphatic heterocycles. The van der Waals surface area contributed by atoms with Crippen LogP contribution in [0.5, 0.6) is 0 Å². The van der Waals surface area contributed by atoms with E-state index in [1.165, 1.54) is 0 Å². The summed E-state index contributed by atoms with van der Waals surface area (Å²) in [6, 6.07) is 1.05. The molecule has 0 aliphatic rings. The number of benzene rings is 1. The van der Waals surface area contributed by atoms with Gasteiger partial charge < -0.3 is 9.11 Å². The van der Waals surface area contributed by atoms with Crippen LogP contribution in [-0.2, 0) is 20.2 Å². The summed E-state index contributed by atoms with van der Waals surface area (Å²) in [5, 5.41) is -1.10. The molecule has 11 heteroatoms. The molecule has 6 nitrogen and oxygen atoms in total. The van der Waals surface area contributed by atoms with Crippen molar-refractivity contribution in [3.8, 4) is 0 Å². The van der Waals surface area contributed by atoms with E-state index in [2.05, 4.69) is 0 Å². The average Bonchev–Trinajstić information content (AvgIpc) is 1.97. The summed E-state index contributed by atoms with van der Waals surface area (Å²) in [4.78, 5) is -2.01. The van der Waals surface area contributed by atoms with Crippen LogP contribution in [0.2, 0.25) is 10.0 Å². The smallest absolute Gasteiger partial charge is 0.744 e. The fourth-order valence-corrected chi connectivity index (χ4v) is 3.04. The van der Waals surface area contributed by atoms with Crippen molar-refractivity contribution < 1.29 is 25.9 Å². The Hall–Kier alpha value is 0.880. The van der Waals surface area contributed by atoms with Gasteiger partial charge in [-0.25, -0.2) is 16.8 Å². The van der Waals surface area contributed by atoms with Gasteiger partial charge >= 0.3 is 37.7 Å². The molecule has 0 amide bonds. The van der Waals surface area contributed by atoms with Crippen molar-refractivity contribution in [2.45, 2.75) is 9.79 Å². The molecule has 0 atom stereocenters. The van der Waals surface area contributed by atoms with Crippen LogP contribution < -0.4 is 0 Å². The average molecular weight is 345 g/mol. The fourth-order valence-electron chi connectivity index (χ4n) is 0.894. The van der Waals surface area contributed by atoms with Gasteiger partial charge in [0.15, 0.2) is 0 Å². The van der Waals surface area contributed by atoms with Gasteiger partial charge in [-0.15, -0.1) is 0 Å². The summed E-state index contributed by atoms with van der Waals surface area (Å²) in [6.07, 6.45) is 0. The Morgan fingerprint density at radius 3 is 1.35 bits per heavy atom. The largest absolute Gasteiger partial charge is 2.00 e. The standard InChI is InChI=1S/C6H4Cl2O6S2.Ca/c7-3-1-4(8)6(16(12,13)14)2-5(3)15(9,10)11;/h1-2H,(H,9,10,11)(H,12,13,14);/q;+2/p-2. The van der Waals surface area contributed by atoms with Gasteiger partial charge in [-0.1, -0.05) is 23.2 Å². The van der Waals surface area contributed by atoms with E-state index in [0.29, 0.717) is 12.1 Å². The Morgan fingerprint density at radius 1 is 0.824 bits per heavy atom. The van der Waals surface area contributed by atoms with Gasteiger partial charge in [-0.3, -0.25) is 0 Å². The summed E-state index contributed by atoms with van der Waals surface area (Å²) >= 11 is 10.8. The normalized spacial score (nSPS) is 12.0. The molecule has 1 aromatic carbocycles. The molecule has 0 aliphatic carbocycles. The second-order valence-corrected chi connectivity index (χ2v) is 6.13. The van der Waals surface area contributed by atoms with Crippen molar-refractivity contribution in [1.82, 2.24) is 0 Å². The van der Waals surface area contributed by atoms with Gasteiger partial charge in [0.2, 0.25) is 0 Å². The van der Waals surface area contributed by atoms with E-state index in [1.807, 2.05) is 0 Å². The van der Waals surface area contributed by atoms with Crippen molar-refractivity contribution in [1.29, 1.82) is 0 Å². The topological polar surface area (TPSA) is 114 Å². The van der Waals surface area contributed by atoms with Crippen LogP contribution in [0, 0.1) is 0 Å². The van der Waals surface area contributed by atoms with E-state index in [0.717, 1.165) is 0 Å². The molecule has 0 saturated heterocycles. The fraction of sp³-hybridized carbons (Fsp3) is 0. The summed E-state index contributed by atoms with van der Waals surface area (Å²) in [5.74, 6) is 0. The van der Waals surface area contributed by atoms with Crippen LogP contribution in [0.3, 0.4) is 0 Å². The summed E-state index contributed by atoms with van der Waals surface area (Å²) in [6.45, 7) is 0. The number of hydrogen-bond acceptors (Lipinski definition) is 6. The van der Waals surface area contributed by atoms with Crippen molar-refractivity contribution in [3.63, 3.8) is 0 Å². The van der Waals surface area contributed by atoms with Crippen LogP contribution in [-0.4, -0.2) is 63.7 Å². The van der Waals surface area contributed by atoms with E-state index < -0.39 is 40.1 Å². The number of rotatable bonds is 2. The predicted molar refractivity (Wildman–Crippen MR) is 58.1 cm³/mol. The van der Waals surface area contributed by atoms with Crippen LogP contribution in [0.4, 0.5) is 0 Å². The molecule has 0 N–H and O–H groups in total. The van der Waals surface area contributed by atoms with Crippen LogP contribution in [0.15, 0.2) is 21.9 Å². The molecule has 0 bridgehead atoms. The molecule has 0 heterocycles. The third kappa shape index (κ3) is 4.48. The van der Waals surface area contributed by atoms with Crippen molar-refractivity contribution >= 4 is 81.2 Å². The second-order valence-electron chi connectivity index (χ2n) is 2.62. The predicted octanol–water partition coefficient (Wildman–Crippen LogP) is 0.421. The summed E-state index contributed by atoms with van der Waals surface area (Å²) < 4.78 is 64.0. The zero-order valence-electron chi connectivity index (χ0n) is 7.88. The van der Waals surface area contributed by atoms with E-state index in [9.17, 15) is 25.9 Å². The molecular weight excluding hydrogens is 343 g/mol. The zero-order chi connectivity index (χ0) is 12.7. The van der Waals surface area contributed by atoms with Gasteiger partial charge in [-0.2, -0.15) is 0 Å². The molecule has 0 radical (unpaired) electrons. The minimum atomic E-state index is -4.98. The van der Waals surface area contributed by atoms with Gasteiger partial charge in [0.05, 0.1) is 19.8 Å². The summed E-state index contributed by atoms with van der Waals surface area (Å²) in [7, 11) is -9.95. The summed E-state index contributed by atoms with van der Waals surface area (Å²) in [5.41, 5.74) is 0. The minimum Gasteiger partial charge on any atom is -0.744 e. The molecule has 1 rings (SSSR count). The van der Waals surface area contributed by atoms with Gasteiger partial charge in [0.25, 0.3) is 0 Å². The Kier molecular flexibility index (Phi) is 6.20. The van der Waals surface area contributed by atoms with E-state index >= 15 is 0 Å². The van der Waals surface area contributed by atoms with Crippen molar-refractivity contribution in [3.05, 3.63) is 22.2 Å². The first-order chi connectivity index (χ1) is 7.03. The maximum absolute atomic E-state index is 10.7. The van der Waals surface area contributed by atoms with Crippen LogP contribution in [0.1, 0.15) is 0 Å². The first-order valence-corrected chi connectivity index (χ1v) is 7.01. The van der Waals surface area contributed by atoms with Gasteiger partial charge in [-0.05, 0) is 12.1 Å². The maximum atomic E-state index is 10.7. The Labute approximate surface area is 137 Å². The third-order valence-corrected chi connectivity index (χ3v) is 4.13. The minimum absolute atomic E-state index is 0. The Bertz CT molecular complexity index is 585. The molecule has 0 fully saturated rings. The maximum Gasteiger partial charge on any atom is 2.00 e. The first-order valence-electron chi connectivity index (χ1n) is 3.44. The molecule has 0 spiro atoms. The Morgan fingerprint density at radius 2 is 1.12 bits per heavy atom. The van der Waals surface area contributed by atoms with E-state index in [1.54, 1.807) is 0 Å². The molecular formula is C6H2CaCl2O6S2. The number of halogens is 2. The van der Waals surface area contributed by atoms with Gasteiger partial charge in [0.1, 0.15) is 20.2 Å². The quantitative estimate of drug-likeness (QED) is 0.567. The van der Waals surface area contributed by atoms with Crippen molar-refractivity contribution in [2.75, 3.05) is 0 Å². The first kappa shape index (κ1) is 17.9. The molecule has 0 saturated carbocycles. The molecule has 90 valence electrons. The SMILES string of the molecule is O=S(=O)([O-])c1cc(S(=O)(=O)[O-])c(Cl)cc1Cl.[Ca+2]. The molecule has 17 heavy (non-hydrogen) atoms. The third-order valence-electron chi connectivity index (χ3n) is 1.53.